The number of hydrogen-bond donors (Lipinski definition) is 2. The average molecular weight is 339 g/mol. The fourth-order valence-electron chi connectivity index (χ4n) is 3.41. The normalized spacial score (nSPS) is 22.5. The zero-order chi connectivity index (χ0) is 16.1. The Morgan fingerprint density at radius 2 is 1.91 bits per heavy atom. The first-order valence-electron chi connectivity index (χ1n) is 8.69. The molecule has 2 N–H and O–H groups in total. The number of β-amino-alcohol motifs (C(OH)–C–C–N with tert-alkyl or cyclic N) is 1. The molecule has 2 aliphatic rings. The molecule has 0 spiro atoms. The number of hydrogen-bond acceptors (Lipinski definition) is 4. The van der Waals surface area contributed by atoms with Crippen molar-refractivity contribution >= 4 is 11.6 Å². The van der Waals surface area contributed by atoms with E-state index >= 15 is 0 Å². The molecule has 0 aromatic heterocycles. The van der Waals surface area contributed by atoms with Crippen LogP contribution in [-0.2, 0) is 4.74 Å². The molecule has 0 amide bonds. The zero-order valence-electron chi connectivity index (χ0n) is 13.6. The fraction of sp³-hybridized carbons (Fsp3) is 0.667. The van der Waals surface area contributed by atoms with Crippen molar-refractivity contribution in [2.24, 2.45) is 5.92 Å². The molecule has 0 radical (unpaired) electrons. The number of rotatable bonds is 7. The van der Waals surface area contributed by atoms with Crippen LogP contribution in [0.4, 0.5) is 0 Å². The summed E-state index contributed by atoms with van der Waals surface area (Å²) in [5, 5.41) is 14.7. The predicted molar refractivity (Wildman–Crippen MR) is 92.8 cm³/mol. The second-order valence-corrected chi connectivity index (χ2v) is 7.13. The van der Waals surface area contributed by atoms with E-state index in [0.29, 0.717) is 25.0 Å². The summed E-state index contributed by atoms with van der Waals surface area (Å²) in [6.07, 6.45) is 3.50. The number of aliphatic hydroxyl groups excluding tert-OH is 1. The maximum atomic E-state index is 10.3. The molecule has 1 saturated carbocycles. The summed E-state index contributed by atoms with van der Waals surface area (Å²) in [7, 11) is 0. The van der Waals surface area contributed by atoms with Crippen LogP contribution in [0.2, 0.25) is 5.02 Å². The molecule has 4 nitrogen and oxygen atoms in total. The third kappa shape index (κ3) is 4.91. The lowest BCUT2D eigenvalue weighted by molar-refractivity contribution is 0.0137. The molecule has 128 valence electrons. The molecule has 23 heavy (non-hydrogen) atoms. The van der Waals surface area contributed by atoms with Gasteiger partial charge in [0.2, 0.25) is 0 Å². The first-order chi connectivity index (χ1) is 11.2. The lowest BCUT2D eigenvalue weighted by atomic mass is 9.77. The van der Waals surface area contributed by atoms with Gasteiger partial charge in [-0.05, 0) is 36.5 Å². The van der Waals surface area contributed by atoms with Crippen LogP contribution in [0.25, 0.3) is 0 Å². The van der Waals surface area contributed by atoms with E-state index in [9.17, 15) is 5.11 Å². The highest BCUT2D eigenvalue weighted by Crippen LogP contribution is 2.37. The van der Waals surface area contributed by atoms with Crippen molar-refractivity contribution < 1.29 is 9.84 Å². The number of halogens is 1. The Balaban J connectivity index is 1.52. The van der Waals surface area contributed by atoms with Gasteiger partial charge in [-0.25, -0.2) is 0 Å². The largest absolute Gasteiger partial charge is 0.390 e. The van der Waals surface area contributed by atoms with Gasteiger partial charge in [0.05, 0.1) is 19.3 Å². The SMILES string of the molecule is OC(CNC(c1ccc(Cl)cc1)C1CCC1)CN1CCOCC1. The van der Waals surface area contributed by atoms with Gasteiger partial charge in [-0.2, -0.15) is 0 Å². The van der Waals surface area contributed by atoms with Crippen molar-refractivity contribution in [3.63, 3.8) is 0 Å². The Labute approximate surface area is 143 Å². The monoisotopic (exact) mass is 338 g/mol. The molecule has 1 aromatic carbocycles. The van der Waals surface area contributed by atoms with E-state index in [1.165, 1.54) is 24.8 Å². The number of nitrogens with one attached hydrogen (secondary N) is 1. The van der Waals surface area contributed by atoms with Gasteiger partial charge in [0.25, 0.3) is 0 Å². The van der Waals surface area contributed by atoms with Crippen LogP contribution >= 0.6 is 11.6 Å². The molecule has 2 fully saturated rings. The van der Waals surface area contributed by atoms with Crippen molar-refractivity contribution in [1.29, 1.82) is 0 Å². The van der Waals surface area contributed by atoms with E-state index in [0.717, 1.165) is 31.3 Å². The first kappa shape index (κ1) is 17.2. The molecule has 1 saturated heterocycles. The Kier molecular flexibility index (Phi) is 6.31. The van der Waals surface area contributed by atoms with Crippen LogP contribution in [-0.4, -0.2) is 55.5 Å². The maximum Gasteiger partial charge on any atom is 0.0791 e. The van der Waals surface area contributed by atoms with Crippen LogP contribution in [0.5, 0.6) is 0 Å². The minimum Gasteiger partial charge on any atom is -0.390 e. The van der Waals surface area contributed by atoms with Gasteiger partial charge in [0.1, 0.15) is 0 Å². The molecule has 5 heteroatoms. The van der Waals surface area contributed by atoms with Gasteiger partial charge in [-0.15, -0.1) is 0 Å². The summed E-state index contributed by atoms with van der Waals surface area (Å²) in [5.74, 6) is 0.673. The van der Waals surface area contributed by atoms with Crippen molar-refractivity contribution in [3.05, 3.63) is 34.9 Å². The summed E-state index contributed by atoms with van der Waals surface area (Å²) in [6.45, 7) is 4.72. The van der Waals surface area contributed by atoms with Crippen molar-refractivity contribution in [3.8, 4) is 0 Å². The molecule has 1 aromatic rings. The van der Waals surface area contributed by atoms with Gasteiger partial charge >= 0.3 is 0 Å². The van der Waals surface area contributed by atoms with Gasteiger partial charge in [0.15, 0.2) is 0 Å². The topological polar surface area (TPSA) is 44.7 Å². The van der Waals surface area contributed by atoms with Gasteiger partial charge in [-0.1, -0.05) is 30.2 Å². The van der Waals surface area contributed by atoms with Crippen LogP contribution in [0, 0.1) is 5.92 Å². The standard InChI is InChI=1S/C18H27ClN2O2/c19-16-6-4-15(5-7-16)18(14-2-1-3-14)20-12-17(22)13-21-8-10-23-11-9-21/h4-7,14,17-18,20,22H,1-3,8-13H2. The van der Waals surface area contributed by atoms with Crippen molar-refractivity contribution in [2.45, 2.75) is 31.4 Å². The molecular formula is C18H27ClN2O2. The molecule has 3 rings (SSSR count). The molecular weight excluding hydrogens is 312 g/mol. The van der Waals surface area contributed by atoms with E-state index < -0.39 is 0 Å². The first-order valence-corrected chi connectivity index (χ1v) is 9.07. The smallest absolute Gasteiger partial charge is 0.0791 e. The lowest BCUT2D eigenvalue weighted by Gasteiger charge is -2.36. The number of ether oxygens (including phenoxy) is 1. The van der Waals surface area contributed by atoms with Crippen LogP contribution in [0.15, 0.2) is 24.3 Å². The number of morpholine rings is 1. The molecule has 1 aliphatic carbocycles. The Morgan fingerprint density at radius 1 is 1.22 bits per heavy atom. The van der Waals surface area contributed by atoms with Crippen LogP contribution < -0.4 is 5.32 Å². The highest BCUT2D eigenvalue weighted by Gasteiger charge is 2.28. The predicted octanol–water partition coefficient (Wildman–Crippen LogP) is 2.46. The molecule has 2 atom stereocenters. The number of benzene rings is 1. The van der Waals surface area contributed by atoms with E-state index in [4.69, 9.17) is 16.3 Å². The van der Waals surface area contributed by atoms with Crippen molar-refractivity contribution in [1.82, 2.24) is 10.2 Å². The summed E-state index contributed by atoms with van der Waals surface area (Å²) in [4.78, 5) is 2.27. The summed E-state index contributed by atoms with van der Waals surface area (Å²) in [6, 6.07) is 8.43. The second-order valence-electron chi connectivity index (χ2n) is 6.70. The van der Waals surface area contributed by atoms with Gasteiger partial charge in [-0.3, -0.25) is 4.90 Å². The Bertz CT molecular complexity index is 472. The van der Waals surface area contributed by atoms with Gasteiger partial charge in [0, 0.05) is 37.2 Å². The third-order valence-corrected chi connectivity index (χ3v) is 5.25. The number of aliphatic hydroxyl groups is 1. The summed E-state index contributed by atoms with van der Waals surface area (Å²) in [5.41, 5.74) is 1.28. The number of nitrogens with zero attached hydrogens (tertiary/aromatic N) is 1. The van der Waals surface area contributed by atoms with E-state index in [-0.39, 0.29) is 6.10 Å². The third-order valence-electron chi connectivity index (χ3n) is 5.00. The average Bonchev–Trinajstić information content (AvgIpc) is 2.51. The molecule has 2 unspecified atom stereocenters. The molecule has 1 heterocycles. The van der Waals surface area contributed by atoms with E-state index in [2.05, 4.69) is 22.3 Å². The minimum atomic E-state index is -0.344. The summed E-state index contributed by atoms with van der Waals surface area (Å²) >= 11 is 6.00. The zero-order valence-corrected chi connectivity index (χ0v) is 14.3. The maximum absolute atomic E-state index is 10.3. The van der Waals surface area contributed by atoms with E-state index in [1.807, 2.05) is 12.1 Å². The van der Waals surface area contributed by atoms with Crippen LogP contribution in [0.1, 0.15) is 30.9 Å². The molecule has 0 bridgehead atoms. The Morgan fingerprint density at radius 3 is 2.52 bits per heavy atom. The van der Waals surface area contributed by atoms with Crippen molar-refractivity contribution in [2.75, 3.05) is 39.4 Å². The second kappa shape index (κ2) is 8.45. The Hall–Kier alpha value is -0.650. The lowest BCUT2D eigenvalue weighted by Crippen LogP contribution is -2.45. The van der Waals surface area contributed by atoms with E-state index in [1.54, 1.807) is 0 Å². The molecule has 1 aliphatic heterocycles. The quantitative estimate of drug-likeness (QED) is 0.801. The highest BCUT2D eigenvalue weighted by atomic mass is 35.5. The minimum absolute atomic E-state index is 0.320. The highest BCUT2D eigenvalue weighted by molar-refractivity contribution is 6.30. The fourth-order valence-corrected chi connectivity index (χ4v) is 3.54. The van der Waals surface area contributed by atoms with Gasteiger partial charge < -0.3 is 15.2 Å². The van der Waals surface area contributed by atoms with Crippen LogP contribution in [0.3, 0.4) is 0 Å². The summed E-state index contributed by atoms with van der Waals surface area (Å²) < 4.78 is 5.35.